The van der Waals surface area contributed by atoms with E-state index in [1.165, 1.54) is 37.7 Å². The number of rotatable bonds is 11. The number of nitrogens with one attached hydrogen (secondary N) is 1. The SMILES string of the molecule is CCOc1cccc(CNCCCCCCC(C)C)c1. The lowest BCUT2D eigenvalue weighted by atomic mass is 10.0. The number of hydrogen-bond acceptors (Lipinski definition) is 2. The predicted octanol–water partition coefficient (Wildman–Crippen LogP) is 4.78. The molecule has 0 spiro atoms. The zero-order valence-corrected chi connectivity index (χ0v) is 13.5. The van der Waals surface area contributed by atoms with Crippen molar-refractivity contribution in [1.29, 1.82) is 0 Å². The van der Waals surface area contributed by atoms with Crippen molar-refractivity contribution in [3.05, 3.63) is 29.8 Å². The maximum Gasteiger partial charge on any atom is 0.119 e. The van der Waals surface area contributed by atoms with Crippen molar-refractivity contribution in [3.8, 4) is 5.75 Å². The Bertz CT molecular complexity index is 349. The maximum absolute atomic E-state index is 5.51. The average molecular weight is 277 g/mol. The van der Waals surface area contributed by atoms with Crippen LogP contribution in [0.25, 0.3) is 0 Å². The average Bonchev–Trinajstić information content (AvgIpc) is 2.42. The van der Waals surface area contributed by atoms with E-state index in [-0.39, 0.29) is 0 Å². The minimum Gasteiger partial charge on any atom is -0.494 e. The standard InChI is InChI=1S/C18H31NO/c1-4-20-18-12-9-11-17(14-18)15-19-13-8-6-5-7-10-16(2)3/h9,11-12,14,16,19H,4-8,10,13,15H2,1-3H3. The van der Waals surface area contributed by atoms with Crippen LogP contribution in [-0.2, 0) is 6.54 Å². The molecule has 1 N–H and O–H groups in total. The minimum absolute atomic E-state index is 0.729. The number of benzene rings is 1. The summed E-state index contributed by atoms with van der Waals surface area (Å²) in [5.41, 5.74) is 1.30. The van der Waals surface area contributed by atoms with Gasteiger partial charge in [0.1, 0.15) is 5.75 Å². The highest BCUT2D eigenvalue weighted by atomic mass is 16.5. The van der Waals surface area contributed by atoms with E-state index in [0.29, 0.717) is 0 Å². The van der Waals surface area contributed by atoms with E-state index >= 15 is 0 Å². The molecule has 2 nitrogen and oxygen atoms in total. The molecule has 1 rings (SSSR count). The fraction of sp³-hybridized carbons (Fsp3) is 0.667. The molecule has 0 aromatic heterocycles. The molecule has 0 fully saturated rings. The van der Waals surface area contributed by atoms with Gasteiger partial charge in [0.25, 0.3) is 0 Å². The molecule has 0 unspecified atom stereocenters. The van der Waals surface area contributed by atoms with Crippen LogP contribution in [0.3, 0.4) is 0 Å². The first kappa shape index (κ1) is 17.0. The molecular formula is C18H31NO. The Morgan fingerprint density at radius 2 is 1.90 bits per heavy atom. The first-order chi connectivity index (χ1) is 9.72. The smallest absolute Gasteiger partial charge is 0.119 e. The van der Waals surface area contributed by atoms with Gasteiger partial charge >= 0.3 is 0 Å². The lowest BCUT2D eigenvalue weighted by molar-refractivity contribution is 0.340. The summed E-state index contributed by atoms with van der Waals surface area (Å²) in [6.45, 7) is 9.40. The van der Waals surface area contributed by atoms with Crippen LogP contribution in [0.4, 0.5) is 0 Å². The molecular weight excluding hydrogens is 246 g/mol. The second-order valence-electron chi connectivity index (χ2n) is 5.85. The third-order valence-electron chi connectivity index (χ3n) is 3.42. The van der Waals surface area contributed by atoms with Gasteiger partial charge in [-0.2, -0.15) is 0 Å². The van der Waals surface area contributed by atoms with Crippen LogP contribution in [0.1, 0.15) is 58.4 Å². The van der Waals surface area contributed by atoms with Gasteiger partial charge in [-0.3, -0.25) is 0 Å². The van der Waals surface area contributed by atoms with Gasteiger partial charge in [0.15, 0.2) is 0 Å². The fourth-order valence-corrected chi connectivity index (χ4v) is 2.30. The molecule has 0 heterocycles. The van der Waals surface area contributed by atoms with Gasteiger partial charge in [0.2, 0.25) is 0 Å². The van der Waals surface area contributed by atoms with E-state index in [1.54, 1.807) is 0 Å². The van der Waals surface area contributed by atoms with E-state index in [4.69, 9.17) is 4.74 Å². The van der Waals surface area contributed by atoms with E-state index in [9.17, 15) is 0 Å². The second-order valence-corrected chi connectivity index (χ2v) is 5.85. The van der Waals surface area contributed by atoms with Gasteiger partial charge in [-0.05, 0) is 43.5 Å². The topological polar surface area (TPSA) is 21.3 Å². The zero-order valence-electron chi connectivity index (χ0n) is 13.5. The van der Waals surface area contributed by atoms with Gasteiger partial charge in [-0.25, -0.2) is 0 Å². The highest BCUT2D eigenvalue weighted by molar-refractivity contribution is 5.28. The molecule has 114 valence electrons. The third kappa shape index (κ3) is 8.21. The van der Waals surface area contributed by atoms with Crippen LogP contribution in [0.2, 0.25) is 0 Å². The maximum atomic E-state index is 5.51. The number of ether oxygens (including phenoxy) is 1. The summed E-state index contributed by atoms with van der Waals surface area (Å²) in [6.07, 6.45) is 6.76. The van der Waals surface area contributed by atoms with E-state index < -0.39 is 0 Å². The van der Waals surface area contributed by atoms with Gasteiger partial charge in [0.05, 0.1) is 6.61 Å². The molecule has 0 saturated heterocycles. The summed E-state index contributed by atoms with van der Waals surface area (Å²) in [4.78, 5) is 0. The molecule has 0 bridgehead atoms. The van der Waals surface area contributed by atoms with Crippen molar-refractivity contribution < 1.29 is 4.74 Å². The second kappa shape index (κ2) is 10.7. The monoisotopic (exact) mass is 277 g/mol. The Morgan fingerprint density at radius 1 is 1.10 bits per heavy atom. The van der Waals surface area contributed by atoms with Gasteiger partial charge in [0, 0.05) is 6.54 Å². The third-order valence-corrected chi connectivity index (χ3v) is 3.42. The molecule has 0 saturated carbocycles. The Labute approximate surface area is 124 Å². The van der Waals surface area contributed by atoms with Crippen LogP contribution >= 0.6 is 0 Å². The molecule has 0 amide bonds. The Morgan fingerprint density at radius 3 is 2.65 bits per heavy atom. The quantitative estimate of drug-likeness (QED) is 0.588. The van der Waals surface area contributed by atoms with Gasteiger partial charge < -0.3 is 10.1 Å². The number of hydrogen-bond donors (Lipinski definition) is 1. The Balaban J connectivity index is 2.05. The van der Waals surface area contributed by atoms with Crippen LogP contribution in [-0.4, -0.2) is 13.2 Å². The van der Waals surface area contributed by atoms with Crippen LogP contribution < -0.4 is 10.1 Å². The molecule has 0 atom stereocenters. The molecule has 0 aliphatic carbocycles. The van der Waals surface area contributed by atoms with E-state index in [0.717, 1.165) is 31.4 Å². The van der Waals surface area contributed by atoms with E-state index in [1.807, 2.05) is 13.0 Å². The lowest BCUT2D eigenvalue weighted by Gasteiger charge is -2.08. The van der Waals surface area contributed by atoms with Crippen LogP contribution in [0.15, 0.2) is 24.3 Å². The van der Waals surface area contributed by atoms with Crippen LogP contribution in [0.5, 0.6) is 5.75 Å². The summed E-state index contributed by atoms with van der Waals surface area (Å²) in [5.74, 6) is 1.83. The van der Waals surface area contributed by atoms with Gasteiger partial charge in [-0.1, -0.05) is 51.7 Å². The van der Waals surface area contributed by atoms with Crippen LogP contribution in [0, 0.1) is 5.92 Å². The summed E-state index contributed by atoms with van der Waals surface area (Å²) in [7, 11) is 0. The molecule has 0 radical (unpaired) electrons. The summed E-state index contributed by atoms with van der Waals surface area (Å²) in [5, 5.41) is 3.52. The van der Waals surface area contributed by atoms with Crippen molar-refractivity contribution >= 4 is 0 Å². The van der Waals surface area contributed by atoms with Gasteiger partial charge in [-0.15, -0.1) is 0 Å². The van der Waals surface area contributed by atoms with Crippen molar-refractivity contribution in [3.63, 3.8) is 0 Å². The molecule has 1 aromatic carbocycles. The summed E-state index contributed by atoms with van der Waals surface area (Å²) in [6, 6.07) is 8.35. The van der Waals surface area contributed by atoms with Crippen molar-refractivity contribution in [2.75, 3.05) is 13.2 Å². The molecule has 0 aliphatic rings. The normalized spacial score (nSPS) is 11.0. The Hall–Kier alpha value is -1.02. The van der Waals surface area contributed by atoms with Crippen molar-refractivity contribution in [1.82, 2.24) is 5.32 Å². The first-order valence-electron chi connectivity index (χ1n) is 8.14. The number of unbranched alkanes of at least 4 members (excludes halogenated alkanes) is 3. The highest BCUT2D eigenvalue weighted by Crippen LogP contribution is 2.13. The predicted molar refractivity (Wildman–Crippen MR) is 87.2 cm³/mol. The van der Waals surface area contributed by atoms with E-state index in [2.05, 4.69) is 37.4 Å². The Kier molecular flexibility index (Phi) is 9.14. The van der Waals surface area contributed by atoms with Crippen molar-refractivity contribution in [2.24, 2.45) is 5.92 Å². The fourth-order valence-electron chi connectivity index (χ4n) is 2.30. The summed E-state index contributed by atoms with van der Waals surface area (Å²) < 4.78 is 5.51. The molecule has 20 heavy (non-hydrogen) atoms. The molecule has 1 aromatic rings. The first-order valence-corrected chi connectivity index (χ1v) is 8.14. The van der Waals surface area contributed by atoms with Crippen molar-refractivity contribution in [2.45, 2.75) is 59.4 Å². The highest BCUT2D eigenvalue weighted by Gasteiger charge is 1.97. The largest absolute Gasteiger partial charge is 0.494 e. The lowest BCUT2D eigenvalue weighted by Crippen LogP contribution is -2.14. The zero-order chi connectivity index (χ0) is 14.6. The molecule has 2 heteroatoms. The minimum atomic E-state index is 0.729. The summed E-state index contributed by atoms with van der Waals surface area (Å²) >= 11 is 0. The molecule has 0 aliphatic heterocycles.